The van der Waals surface area contributed by atoms with Gasteiger partial charge >= 0.3 is 0 Å². The lowest BCUT2D eigenvalue weighted by atomic mass is 10.1. The number of carbonyl (C=O) groups excluding carboxylic acids is 1. The minimum Gasteiger partial charge on any atom is -0.365 e. The van der Waals surface area contributed by atoms with E-state index in [1.165, 1.54) is 23.2 Å². The predicted molar refractivity (Wildman–Crippen MR) is 64.0 cm³/mol. The Kier molecular flexibility index (Phi) is 3.64. The third-order valence-corrected chi connectivity index (χ3v) is 3.13. The third kappa shape index (κ3) is 2.80. The molecule has 0 bridgehead atoms. The molecule has 7 heteroatoms. The molecule has 0 saturated carbocycles. The summed E-state index contributed by atoms with van der Waals surface area (Å²) in [7, 11) is 0. The van der Waals surface area contributed by atoms with Crippen LogP contribution in [0.4, 0.5) is 19.0 Å². The highest BCUT2D eigenvalue weighted by Crippen LogP contribution is 2.32. The van der Waals surface area contributed by atoms with Crippen molar-refractivity contribution in [1.29, 1.82) is 0 Å². The Morgan fingerprint density at radius 3 is 2.95 bits per heavy atom. The first-order valence-electron chi connectivity index (χ1n) is 5.93. The zero-order valence-corrected chi connectivity index (χ0v) is 10.2. The average Bonchev–Trinajstić information content (AvgIpc) is 2.49. The van der Waals surface area contributed by atoms with Gasteiger partial charge in [0, 0.05) is 19.2 Å². The number of hydrogen-bond donors (Lipinski definition) is 1. The summed E-state index contributed by atoms with van der Waals surface area (Å²) in [6.45, 7) is -0.280. The second-order valence-electron chi connectivity index (χ2n) is 4.52. The molecule has 1 atom stereocenters. The van der Waals surface area contributed by atoms with Crippen LogP contribution in [0.2, 0.25) is 0 Å². The van der Waals surface area contributed by atoms with Crippen molar-refractivity contribution in [1.82, 2.24) is 4.98 Å². The van der Waals surface area contributed by atoms with Gasteiger partial charge in [-0.1, -0.05) is 0 Å². The highest BCUT2D eigenvalue weighted by molar-refractivity contribution is 5.97. The van der Waals surface area contributed by atoms with Gasteiger partial charge in [-0.25, -0.2) is 18.2 Å². The van der Waals surface area contributed by atoms with E-state index in [9.17, 15) is 18.0 Å². The summed E-state index contributed by atoms with van der Waals surface area (Å²) in [5, 5.41) is 0. The second kappa shape index (κ2) is 5.07. The summed E-state index contributed by atoms with van der Waals surface area (Å²) in [6, 6.07) is 2.96. The fourth-order valence-electron chi connectivity index (χ4n) is 2.11. The Bertz CT molecular complexity index is 481. The minimum atomic E-state index is -3.34. The maximum atomic E-state index is 13.6. The van der Waals surface area contributed by atoms with E-state index < -0.39 is 31.0 Å². The summed E-state index contributed by atoms with van der Waals surface area (Å²) >= 11 is 0. The van der Waals surface area contributed by atoms with E-state index in [1.807, 2.05) is 0 Å². The highest BCUT2D eigenvalue weighted by atomic mass is 19.3. The first-order valence-corrected chi connectivity index (χ1v) is 5.93. The molecule has 1 saturated heterocycles. The molecule has 104 valence electrons. The molecule has 0 spiro atoms. The summed E-state index contributed by atoms with van der Waals surface area (Å²) in [5.74, 6) is -3.89. The molecule has 1 fully saturated rings. The summed E-state index contributed by atoms with van der Waals surface area (Å²) in [6.07, 6.45) is -1.25. The van der Waals surface area contributed by atoms with Gasteiger partial charge < -0.3 is 10.6 Å². The third-order valence-electron chi connectivity index (χ3n) is 3.13. The number of carbonyl (C=O) groups is 1. The minimum absolute atomic E-state index is 0.111. The molecule has 0 aromatic carbocycles. The molecule has 0 radical (unpaired) electrons. The van der Waals surface area contributed by atoms with E-state index in [0.29, 0.717) is 0 Å². The summed E-state index contributed by atoms with van der Waals surface area (Å²) in [5.41, 5.74) is 5.31. The molecule has 1 aliphatic rings. The lowest BCUT2D eigenvalue weighted by Gasteiger charge is -2.25. The van der Waals surface area contributed by atoms with Gasteiger partial charge in [0.15, 0.2) is 6.17 Å². The Balaban J connectivity index is 2.30. The van der Waals surface area contributed by atoms with Crippen molar-refractivity contribution in [2.75, 3.05) is 18.0 Å². The Labute approximate surface area is 108 Å². The van der Waals surface area contributed by atoms with Gasteiger partial charge in [0.2, 0.25) is 0 Å². The van der Waals surface area contributed by atoms with E-state index in [2.05, 4.69) is 4.98 Å². The molecule has 4 nitrogen and oxygen atoms in total. The molecule has 2 heterocycles. The van der Waals surface area contributed by atoms with Crippen LogP contribution >= 0.6 is 0 Å². The van der Waals surface area contributed by atoms with E-state index in [0.717, 1.165) is 0 Å². The van der Waals surface area contributed by atoms with Crippen molar-refractivity contribution in [2.24, 2.45) is 5.73 Å². The Morgan fingerprint density at radius 2 is 2.26 bits per heavy atom. The lowest BCUT2D eigenvalue weighted by molar-refractivity contribution is -0.0705. The first-order chi connectivity index (χ1) is 8.92. The van der Waals surface area contributed by atoms with Crippen molar-refractivity contribution in [2.45, 2.75) is 24.9 Å². The Hall–Kier alpha value is -1.79. The summed E-state index contributed by atoms with van der Waals surface area (Å²) in [4.78, 5) is 16.6. The molecule has 2 N–H and O–H groups in total. The van der Waals surface area contributed by atoms with Gasteiger partial charge in [0.05, 0.1) is 12.1 Å². The number of alkyl halides is 3. The van der Waals surface area contributed by atoms with Gasteiger partial charge in [0.1, 0.15) is 5.82 Å². The van der Waals surface area contributed by atoms with Crippen LogP contribution in [0.1, 0.15) is 23.2 Å². The van der Waals surface area contributed by atoms with E-state index in [-0.39, 0.29) is 24.3 Å². The van der Waals surface area contributed by atoms with Crippen molar-refractivity contribution < 1.29 is 18.0 Å². The van der Waals surface area contributed by atoms with Gasteiger partial charge in [-0.15, -0.1) is 0 Å². The van der Waals surface area contributed by atoms with Crippen LogP contribution in [0.25, 0.3) is 0 Å². The number of pyridine rings is 1. The molecule has 0 aliphatic carbocycles. The van der Waals surface area contributed by atoms with Crippen molar-refractivity contribution in [3.8, 4) is 0 Å². The van der Waals surface area contributed by atoms with Crippen LogP contribution in [-0.2, 0) is 0 Å². The van der Waals surface area contributed by atoms with Crippen LogP contribution in [0.5, 0.6) is 0 Å². The highest BCUT2D eigenvalue weighted by Gasteiger charge is 2.43. The zero-order valence-electron chi connectivity index (χ0n) is 10.2. The van der Waals surface area contributed by atoms with Crippen molar-refractivity contribution in [3.05, 3.63) is 23.9 Å². The fourth-order valence-corrected chi connectivity index (χ4v) is 2.11. The standard InChI is InChI=1S/C12H14F3N3O/c13-9-7-18(6-2-4-12(9,14)15)11-8(10(16)19)3-1-5-17-11/h1,3,5,9H,2,4,6-7H2,(H2,16,19). The largest absolute Gasteiger partial charge is 0.365 e. The number of primary amides is 1. The smallest absolute Gasteiger partial charge is 0.280 e. The zero-order chi connectivity index (χ0) is 14.0. The number of hydrogen-bond acceptors (Lipinski definition) is 3. The maximum absolute atomic E-state index is 13.6. The molecule has 1 amide bonds. The van der Waals surface area contributed by atoms with E-state index in [1.54, 1.807) is 0 Å². The number of halogens is 3. The van der Waals surface area contributed by atoms with Crippen LogP contribution in [-0.4, -0.2) is 36.1 Å². The molecule has 1 aromatic rings. The average molecular weight is 273 g/mol. The van der Waals surface area contributed by atoms with E-state index in [4.69, 9.17) is 5.73 Å². The van der Waals surface area contributed by atoms with Crippen LogP contribution in [0.15, 0.2) is 18.3 Å². The number of rotatable bonds is 2. The Morgan fingerprint density at radius 1 is 1.53 bits per heavy atom. The monoisotopic (exact) mass is 273 g/mol. The second-order valence-corrected chi connectivity index (χ2v) is 4.52. The van der Waals surface area contributed by atoms with Crippen molar-refractivity contribution >= 4 is 11.7 Å². The molecular formula is C12H14F3N3O. The number of anilines is 1. The molecule has 1 aliphatic heterocycles. The predicted octanol–water partition coefficient (Wildman–Crippen LogP) is 1.75. The number of amides is 1. The van der Waals surface area contributed by atoms with Gasteiger partial charge in [-0.3, -0.25) is 4.79 Å². The van der Waals surface area contributed by atoms with Gasteiger partial charge in [0.25, 0.3) is 11.8 Å². The molecule has 2 rings (SSSR count). The molecular weight excluding hydrogens is 259 g/mol. The number of nitrogens with two attached hydrogens (primary N) is 1. The fraction of sp³-hybridized carbons (Fsp3) is 0.500. The first kappa shape index (κ1) is 13.6. The number of nitrogens with zero attached hydrogens (tertiary/aromatic N) is 2. The SMILES string of the molecule is NC(=O)c1cccnc1N1CCCC(F)(F)C(F)C1. The normalized spacial score (nSPS) is 22.9. The van der Waals surface area contributed by atoms with Crippen molar-refractivity contribution in [3.63, 3.8) is 0 Å². The maximum Gasteiger partial charge on any atom is 0.280 e. The molecule has 1 unspecified atom stereocenters. The van der Waals surface area contributed by atoms with E-state index >= 15 is 0 Å². The van der Waals surface area contributed by atoms with Crippen LogP contribution in [0.3, 0.4) is 0 Å². The lowest BCUT2D eigenvalue weighted by Crippen LogP contribution is -2.38. The number of aromatic nitrogens is 1. The topological polar surface area (TPSA) is 59.2 Å². The molecule has 1 aromatic heterocycles. The molecule has 19 heavy (non-hydrogen) atoms. The van der Waals surface area contributed by atoms with Gasteiger partial charge in [-0.2, -0.15) is 0 Å². The van der Waals surface area contributed by atoms with Crippen LogP contribution < -0.4 is 10.6 Å². The van der Waals surface area contributed by atoms with Crippen LogP contribution in [0, 0.1) is 0 Å². The van der Waals surface area contributed by atoms with Gasteiger partial charge in [-0.05, 0) is 18.6 Å². The quantitative estimate of drug-likeness (QED) is 0.893. The summed E-state index contributed by atoms with van der Waals surface area (Å²) < 4.78 is 40.1.